The molecule has 0 aliphatic rings. The van der Waals surface area contributed by atoms with Gasteiger partial charge in [0.25, 0.3) is 11.8 Å². The van der Waals surface area contributed by atoms with Gasteiger partial charge in [0, 0.05) is 36.0 Å². The summed E-state index contributed by atoms with van der Waals surface area (Å²) in [5.41, 5.74) is 10.6. The Labute approximate surface area is 179 Å². The lowest BCUT2D eigenvalue weighted by Crippen LogP contribution is -2.20. The first-order chi connectivity index (χ1) is 14.9. The number of aromatic nitrogens is 3. The van der Waals surface area contributed by atoms with E-state index in [0.717, 1.165) is 22.5 Å². The number of hydrogen-bond donors (Lipinski definition) is 3. The molecule has 3 aromatic heterocycles. The second kappa shape index (κ2) is 9.57. The van der Waals surface area contributed by atoms with E-state index in [1.165, 1.54) is 12.4 Å². The molecule has 0 atom stereocenters. The summed E-state index contributed by atoms with van der Waals surface area (Å²) >= 11 is 0. The van der Waals surface area contributed by atoms with Crippen LogP contribution in [0.15, 0.2) is 59.3 Å². The van der Waals surface area contributed by atoms with Crippen LogP contribution in [0.2, 0.25) is 0 Å². The lowest BCUT2D eigenvalue weighted by atomic mass is 10.0. The highest BCUT2D eigenvalue weighted by atomic mass is 16.2. The Kier molecular flexibility index (Phi) is 6.66. The van der Waals surface area contributed by atoms with Crippen molar-refractivity contribution in [2.24, 2.45) is 10.2 Å². The van der Waals surface area contributed by atoms with Crippen LogP contribution in [-0.2, 0) is 0 Å². The molecule has 0 fully saturated rings. The van der Waals surface area contributed by atoms with Gasteiger partial charge >= 0.3 is 0 Å². The van der Waals surface area contributed by atoms with Crippen molar-refractivity contribution in [1.29, 1.82) is 0 Å². The Morgan fingerprint density at radius 2 is 1.39 bits per heavy atom. The molecule has 0 aliphatic carbocycles. The molecule has 31 heavy (non-hydrogen) atoms. The van der Waals surface area contributed by atoms with E-state index >= 15 is 0 Å². The fourth-order valence-corrected chi connectivity index (χ4v) is 3.16. The molecule has 0 saturated carbocycles. The molecular weight excluding hydrogens is 394 g/mol. The first kappa shape index (κ1) is 21.6. The van der Waals surface area contributed by atoms with Crippen LogP contribution in [0, 0.1) is 13.8 Å². The molecule has 9 heteroatoms. The van der Waals surface area contributed by atoms with Crippen LogP contribution in [0.1, 0.15) is 57.1 Å². The van der Waals surface area contributed by atoms with Crippen LogP contribution >= 0.6 is 0 Å². The van der Waals surface area contributed by atoms with Crippen molar-refractivity contribution in [1.82, 2.24) is 25.8 Å². The Balaban J connectivity index is 1.76. The summed E-state index contributed by atoms with van der Waals surface area (Å²) < 4.78 is 0. The topological polar surface area (TPSA) is 124 Å². The van der Waals surface area contributed by atoms with Crippen molar-refractivity contribution >= 4 is 23.2 Å². The molecule has 3 rings (SSSR count). The predicted octanol–water partition coefficient (Wildman–Crippen LogP) is 2.73. The summed E-state index contributed by atoms with van der Waals surface area (Å²) in [6.07, 6.45) is 6.15. The number of aryl methyl sites for hydroxylation is 1. The summed E-state index contributed by atoms with van der Waals surface area (Å²) in [7, 11) is 0. The maximum atomic E-state index is 12.2. The molecule has 3 N–H and O–H groups in total. The predicted molar refractivity (Wildman–Crippen MR) is 118 cm³/mol. The highest BCUT2D eigenvalue weighted by Gasteiger charge is 2.16. The molecule has 2 amide bonds. The normalized spacial score (nSPS) is 11.9. The van der Waals surface area contributed by atoms with Crippen molar-refractivity contribution in [2.75, 3.05) is 0 Å². The Morgan fingerprint density at radius 3 is 1.87 bits per heavy atom. The Morgan fingerprint density at radius 1 is 0.871 bits per heavy atom. The number of hydrogen-bond acceptors (Lipinski definition) is 6. The molecule has 9 nitrogen and oxygen atoms in total. The summed E-state index contributed by atoms with van der Waals surface area (Å²) in [6.45, 7) is 7.45. The molecule has 0 radical (unpaired) electrons. The van der Waals surface area contributed by atoms with E-state index in [0.29, 0.717) is 22.6 Å². The lowest BCUT2D eigenvalue weighted by Gasteiger charge is -2.05. The van der Waals surface area contributed by atoms with Crippen molar-refractivity contribution in [2.45, 2.75) is 27.7 Å². The third-order valence-electron chi connectivity index (χ3n) is 4.66. The van der Waals surface area contributed by atoms with Gasteiger partial charge in [-0.2, -0.15) is 10.2 Å². The standard InChI is InChI=1S/C22H23N7O2/c1-13-19(15(3)26-28-21(30)17-7-5-9-23-11-17)14(2)25-20(13)16(4)27-29-22(31)18-8-6-10-24-12-18/h5-12,25H,1-4H3,(H,28,30)(H,29,31). The summed E-state index contributed by atoms with van der Waals surface area (Å²) in [5.74, 6) is -0.682. The third-order valence-corrected chi connectivity index (χ3v) is 4.66. The van der Waals surface area contributed by atoms with Crippen LogP contribution in [0.25, 0.3) is 0 Å². The van der Waals surface area contributed by atoms with Gasteiger partial charge in [0.1, 0.15) is 0 Å². The van der Waals surface area contributed by atoms with Gasteiger partial charge < -0.3 is 4.98 Å². The van der Waals surface area contributed by atoms with E-state index in [9.17, 15) is 9.59 Å². The second-order valence-corrected chi connectivity index (χ2v) is 6.88. The molecule has 158 valence electrons. The van der Waals surface area contributed by atoms with E-state index in [-0.39, 0.29) is 11.8 Å². The quantitative estimate of drug-likeness (QED) is 0.421. The summed E-state index contributed by atoms with van der Waals surface area (Å²) in [4.78, 5) is 35.5. The van der Waals surface area contributed by atoms with Crippen molar-refractivity contribution in [3.63, 3.8) is 0 Å². The molecule has 0 aromatic carbocycles. The Hall–Kier alpha value is -4.14. The average Bonchev–Trinajstić information content (AvgIpc) is 3.10. The van der Waals surface area contributed by atoms with Crippen molar-refractivity contribution < 1.29 is 9.59 Å². The molecule has 0 aliphatic heterocycles. The number of rotatable bonds is 6. The van der Waals surface area contributed by atoms with Crippen LogP contribution < -0.4 is 10.9 Å². The minimum absolute atomic E-state index is 0.339. The fraction of sp³-hybridized carbons (Fsp3) is 0.182. The van der Waals surface area contributed by atoms with Gasteiger partial charge in [0.05, 0.1) is 28.2 Å². The van der Waals surface area contributed by atoms with Crippen LogP contribution in [0.5, 0.6) is 0 Å². The van der Waals surface area contributed by atoms with E-state index in [4.69, 9.17) is 0 Å². The maximum Gasteiger partial charge on any atom is 0.272 e. The van der Waals surface area contributed by atoms with E-state index in [1.807, 2.05) is 20.8 Å². The first-order valence-corrected chi connectivity index (χ1v) is 9.57. The van der Waals surface area contributed by atoms with Gasteiger partial charge in [-0.25, -0.2) is 10.9 Å². The molecule has 0 saturated heterocycles. The second-order valence-electron chi connectivity index (χ2n) is 6.88. The zero-order valence-corrected chi connectivity index (χ0v) is 17.7. The number of carbonyl (C=O) groups excluding carboxylic acids is 2. The van der Waals surface area contributed by atoms with Crippen molar-refractivity contribution in [3.8, 4) is 0 Å². The highest BCUT2D eigenvalue weighted by molar-refractivity contribution is 6.07. The molecule has 3 aromatic rings. The number of nitrogens with one attached hydrogen (secondary N) is 3. The number of carbonyl (C=O) groups is 2. The SMILES string of the molecule is CC(=NNC(=O)c1cccnc1)c1[nH]c(C)c(C(C)=NNC(=O)c2cccnc2)c1C. The number of H-pyrrole nitrogens is 1. The van der Waals surface area contributed by atoms with Gasteiger partial charge in [0.15, 0.2) is 0 Å². The smallest absolute Gasteiger partial charge is 0.272 e. The maximum absolute atomic E-state index is 12.2. The number of hydrazone groups is 2. The molecule has 3 heterocycles. The number of nitrogens with zero attached hydrogens (tertiary/aromatic N) is 4. The van der Waals surface area contributed by atoms with E-state index < -0.39 is 0 Å². The summed E-state index contributed by atoms with van der Waals surface area (Å²) in [6, 6.07) is 6.70. The average molecular weight is 417 g/mol. The van der Waals surface area contributed by atoms with Gasteiger partial charge in [-0.05, 0) is 57.5 Å². The third kappa shape index (κ3) is 5.08. The zero-order chi connectivity index (χ0) is 22.4. The monoisotopic (exact) mass is 417 g/mol. The van der Waals surface area contributed by atoms with Crippen molar-refractivity contribution in [3.05, 3.63) is 82.7 Å². The number of pyridine rings is 2. The number of amides is 2. The first-order valence-electron chi connectivity index (χ1n) is 9.57. The van der Waals surface area contributed by atoms with Gasteiger partial charge in [0.2, 0.25) is 0 Å². The fourth-order valence-electron chi connectivity index (χ4n) is 3.16. The van der Waals surface area contributed by atoms with Crippen LogP contribution in [0.3, 0.4) is 0 Å². The minimum atomic E-state index is -0.343. The Bertz CT molecular complexity index is 1150. The van der Waals surface area contributed by atoms with Gasteiger partial charge in [-0.15, -0.1) is 0 Å². The van der Waals surface area contributed by atoms with E-state index in [2.05, 4.69) is 36.0 Å². The zero-order valence-electron chi connectivity index (χ0n) is 17.7. The van der Waals surface area contributed by atoms with E-state index in [1.54, 1.807) is 43.6 Å². The molecule has 0 unspecified atom stereocenters. The number of aromatic amines is 1. The van der Waals surface area contributed by atoms with Crippen LogP contribution in [0.4, 0.5) is 0 Å². The lowest BCUT2D eigenvalue weighted by molar-refractivity contribution is 0.0946. The molecular formula is C22H23N7O2. The van der Waals surface area contributed by atoms with Crippen LogP contribution in [-0.4, -0.2) is 38.2 Å². The minimum Gasteiger partial charge on any atom is -0.357 e. The largest absolute Gasteiger partial charge is 0.357 e. The molecule has 0 spiro atoms. The molecule has 0 bridgehead atoms. The van der Waals surface area contributed by atoms with Gasteiger partial charge in [-0.3, -0.25) is 19.6 Å². The highest BCUT2D eigenvalue weighted by Crippen LogP contribution is 2.19. The van der Waals surface area contributed by atoms with Gasteiger partial charge in [-0.1, -0.05) is 0 Å². The summed E-state index contributed by atoms with van der Waals surface area (Å²) in [5, 5.41) is 8.43.